The van der Waals surface area contributed by atoms with Gasteiger partial charge in [-0.2, -0.15) is 4.98 Å². The van der Waals surface area contributed by atoms with Crippen LogP contribution in [0.15, 0.2) is 16.7 Å². The molecule has 0 fully saturated rings. The molecule has 1 atom stereocenters. The topological polar surface area (TPSA) is 64.9 Å². The molecule has 0 aliphatic heterocycles. The fraction of sp³-hybridized carbons (Fsp3) is 0.250. The van der Waals surface area contributed by atoms with E-state index >= 15 is 0 Å². The molecule has 2 rings (SSSR count). The number of aromatic nitrogens is 2. The Labute approximate surface area is 79.7 Å². The van der Waals surface area contributed by atoms with Crippen LogP contribution < -0.4 is 5.73 Å². The number of pyridine rings is 1. The fourth-order valence-electron chi connectivity index (χ4n) is 1.01. The molecule has 2 aromatic rings. The number of rotatable bonds is 1. The van der Waals surface area contributed by atoms with E-state index in [1.54, 1.807) is 13.0 Å². The zero-order chi connectivity index (χ0) is 9.42. The van der Waals surface area contributed by atoms with Crippen molar-refractivity contribution in [3.63, 3.8) is 0 Å². The van der Waals surface area contributed by atoms with Crippen LogP contribution in [0.3, 0.4) is 0 Å². The molecule has 4 nitrogen and oxygen atoms in total. The van der Waals surface area contributed by atoms with Crippen LogP contribution in [0.2, 0.25) is 5.02 Å². The second-order valence-corrected chi connectivity index (χ2v) is 3.25. The second kappa shape index (κ2) is 2.97. The monoisotopic (exact) mass is 197 g/mol. The standard InChI is InChI=1S/C8H8ClN3O/c1-4(10)8-12-7-6(13-8)2-5(9)3-11-7/h2-4H,10H2,1H3. The predicted octanol–water partition coefficient (Wildman–Crippen LogP) is 1.90. The first-order valence-electron chi connectivity index (χ1n) is 3.84. The first-order chi connectivity index (χ1) is 6.16. The molecule has 68 valence electrons. The largest absolute Gasteiger partial charge is 0.437 e. The van der Waals surface area contributed by atoms with E-state index in [1.165, 1.54) is 6.20 Å². The zero-order valence-electron chi connectivity index (χ0n) is 6.99. The Balaban J connectivity index is 2.62. The van der Waals surface area contributed by atoms with Crippen molar-refractivity contribution >= 4 is 22.8 Å². The van der Waals surface area contributed by atoms with E-state index < -0.39 is 0 Å². The second-order valence-electron chi connectivity index (χ2n) is 2.82. The van der Waals surface area contributed by atoms with Gasteiger partial charge in [0, 0.05) is 12.3 Å². The Morgan fingerprint density at radius 2 is 2.38 bits per heavy atom. The molecule has 0 aliphatic rings. The highest BCUT2D eigenvalue weighted by Gasteiger charge is 2.10. The van der Waals surface area contributed by atoms with Gasteiger partial charge in [0.1, 0.15) is 0 Å². The summed E-state index contributed by atoms with van der Waals surface area (Å²) in [6.07, 6.45) is 1.53. The third-order valence-electron chi connectivity index (χ3n) is 1.62. The normalized spacial score (nSPS) is 13.5. The van der Waals surface area contributed by atoms with Crippen molar-refractivity contribution < 1.29 is 4.42 Å². The predicted molar refractivity (Wildman–Crippen MR) is 49.4 cm³/mol. The minimum atomic E-state index is -0.229. The van der Waals surface area contributed by atoms with Crippen molar-refractivity contribution in [3.8, 4) is 0 Å². The van der Waals surface area contributed by atoms with Crippen LogP contribution in [-0.2, 0) is 0 Å². The number of nitrogens with two attached hydrogens (primary N) is 1. The Hall–Kier alpha value is -1.13. The molecule has 0 radical (unpaired) electrons. The van der Waals surface area contributed by atoms with Crippen molar-refractivity contribution in [2.75, 3.05) is 0 Å². The minimum Gasteiger partial charge on any atom is -0.437 e. The third-order valence-corrected chi connectivity index (χ3v) is 1.83. The highest BCUT2D eigenvalue weighted by molar-refractivity contribution is 6.30. The molecule has 5 heteroatoms. The van der Waals surface area contributed by atoms with Gasteiger partial charge in [-0.15, -0.1) is 0 Å². The number of fused-ring (bicyclic) bond motifs is 1. The molecule has 0 bridgehead atoms. The molecule has 2 aromatic heterocycles. The van der Waals surface area contributed by atoms with Crippen LogP contribution in [0, 0.1) is 0 Å². The summed E-state index contributed by atoms with van der Waals surface area (Å²) in [6.45, 7) is 1.80. The van der Waals surface area contributed by atoms with Crippen LogP contribution in [0.25, 0.3) is 11.2 Å². The molecular formula is C8H8ClN3O. The lowest BCUT2D eigenvalue weighted by molar-refractivity contribution is 0.493. The van der Waals surface area contributed by atoms with Gasteiger partial charge >= 0.3 is 0 Å². The number of hydrogen-bond donors (Lipinski definition) is 1. The maximum atomic E-state index is 5.73. The molecule has 1 unspecified atom stereocenters. The lowest BCUT2D eigenvalue weighted by atomic mass is 10.4. The molecule has 0 saturated heterocycles. The van der Waals surface area contributed by atoms with Crippen LogP contribution in [0.1, 0.15) is 18.9 Å². The van der Waals surface area contributed by atoms with Gasteiger partial charge in [0.05, 0.1) is 11.1 Å². The van der Waals surface area contributed by atoms with E-state index in [4.69, 9.17) is 21.8 Å². The highest BCUT2D eigenvalue weighted by Crippen LogP contribution is 2.19. The zero-order valence-corrected chi connectivity index (χ0v) is 7.75. The number of halogens is 1. The maximum Gasteiger partial charge on any atom is 0.213 e. The van der Waals surface area contributed by atoms with Gasteiger partial charge in [0.15, 0.2) is 11.2 Å². The first kappa shape index (κ1) is 8.47. The molecule has 0 aromatic carbocycles. The van der Waals surface area contributed by atoms with E-state index in [1.807, 2.05) is 0 Å². The van der Waals surface area contributed by atoms with Crippen LogP contribution >= 0.6 is 11.6 Å². The smallest absolute Gasteiger partial charge is 0.213 e. The van der Waals surface area contributed by atoms with Gasteiger partial charge in [-0.1, -0.05) is 11.6 Å². The summed E-state index contributed by atoms with van der Waals surface area (Å²) in [5, 5.41) is 0.528. The Bertz CT molecular complexity index is 438. The van der Waals surface area contributed by atoms with E-state index in [0.29, 0.717) is 22.1 Å². The summed E-state index contributed by atoms with van der Waals surface area (Å²) in [6, 6.07) is 1.44. The summed E-state index contributed by atoms with van der Waals surface area (Å²) < 4.78 is 5.33. The summed E-state index contributed by atoms with van der Waals surface area (Å²) in [4.78, 5) is 8.08. The van der Waals surface area contributed by atoms with Gasteiger partial charge in [-0.3, -0.25) is 0 Å². The highest BCUT2D eigenvalue weighted by atomic mass is 35.5. The summed E-state index contributed by atoms with van der Waals surface area (Å²) in [5.74, 6) is 0.477. The van der Waals surface area contributed by atoms with Gasteiger partial charge in [0.2, 0.25) is 5.89 Å². The van der Waals surface area contributed by atoms with E-state index in [2.05, 4.69) is 9.97 Å². The van der Waals surface area contributed by atoms with E-state index in [-0.39, 0.29) is 6.04 Å². The molecule has 0 saturated carbocycles. The van der Waals surface area contributed by atoms with E-state index in [0.717, 1.165) is 0 Å². The van der Waals surface area contributed by atoms with Crippen molar-refractivity contribution in [1.82, 2.24) is 9.97 Å². The van der Waals surface area contributed by atoms with Crippen molar-refractivity contribution in [2.45, 2.75) is 13.0 Å². The first-order valence-corrected chi connectivity index (χ1v) is 4.22. The van der Waals surface area contributed by atoms with Gasteiger partial charge in [-0.25, -0.2) is 4.98 Å². The Kier molecular flexibility index (Phi) is 1.94. The fourth-order valence-corrected chi connectivity index (χ4v) is 1.16. The van der Waals surface area contributed by atoms with Gasteiger partial charge in [-0.05, 0) is 6.92 Å². The van der Waals surface area contributed by atoms with E-state index in [9.17, 15) is 0 Å². The summed E-state index contributed by atoms with van der Waals surface area (Å²) in [7, 11) is 0. The molecule has 2 N–H and O–H groups in total. The molecule has 0 spiro atoms. The van der Waals surface area contributed by atoms with Crippen molar-refractivity contribution in [2.24, 2.45) is 5.73 Å². The average molecular weight is 198 g/mol. The number of oxazole rings is 1. The molecule has 0 aliphatic carbocycles. The van der Waals surface area contributed by atoms with Gasteiger partial charge < -0.3 is 10.2 Å². The Morgan fingerprint density at radius 1 is 1.62 bits per heavy atom. The lowest BCUT2D eigenvalue weighted by Gasteiger charge is -1.94. The van der Waals surface area contributed by atoms with Gasteiger partial charge in [0.25, 0.3) is 0 Å². The van der Waals surface area contributed by atoms with Crippen LogP contribution in [0.5, 0.6) is 0 Å². The number of nitrogens with zero attached hydrogens (tertiary/aromatic N) is 2. The average Bonchev–Trinajstić information content (AvgIpc) is 2.46. The maximum absolute atomic E-state index is 5.73. The van der Waals surface area contributed by atoms with Crippen LogP contribution in [-0.4, -0.2) is 9.97 Å². The van der Waals surface area contributed by atoms with Crippen molar-refractivity contribution in [3.05, 3.63) is 23.2 Å². The molecule has 2 heterocycles. The number of hydrogen-bond acceptors (Lipinski definition) is 4. The van der Waals surface area contributed by atoms with Crippen molar-refractivity contribution in [1.29, 1.82) is 0 Å². The molecular weight excluding hydrogens is 190 g/mol. The quantitative estimate of drug-likeness (QED) is 0.758. The Morgan fingerprint density at radius 3 is 3.08 bits per heavy atom. The minimum absolute atomic E-state index is 0.229. The SMILES string of the molecule is CC(N)c1nc2ncc(Cl)cc2o1. The summed E-state index contributed by atoms with van der Waals surface area (Å²) in [5.41, 5.74) is 6.71. The lowest BCUT2D eigenvalue weighted by Crippen LogP contribution is -2.04. The molecule has 13 heavy (non-hydrogen) atoms. The van der Waals surface area contributed by atoms with Crippen LogP contribution in [0.4, 0.5) is 0 Å². The molecule has 0 amide bonds. The third kappa shape index (κ3) is 1.50. The summed E-state index contributed by atoms with van der Waals surface area (Å²) >= 11 is 5.73.